The molecule has 3 aliphatic heterocycles. The third-order valence-corrected chi connectivity index (χ3v) is 5.32. The summed E-state index contributed by atoms with van der Waals surface area (Å²) in [6.07, 6.45) is 7.55. The van der Waals surface area contributed by atoms with Crippen LogP contribution in [0.25, 0.3) is 0 Å². The zero-order chi connectivity index (χ0) is 17.9. The summed E-state index contributed by atoms with van der Waals surface area (Å²) < 4.78 is 1.77. The average Bonchev–Trinajstić information content (AvgIpc) is 3.04. The molecule has 0 spiro atoms. The number of carbonyl (C=O) groups excluding carboxylic acids is 2. The zero-order valence-corrected chi connectivity index (χ0v) is 14.7. The van der Waals surface area contributed by atoms with Crippen LogP contribution in [0.5, 0.6) is 0 Å². The Hall–Kier alpha value is -2.70. The van der Waals surface area contributed by atoms with E-state index >= 15 is 0 Å². The minimum absolute atomic E-state index is 0.0805. The van der Waals surface area contributed by atoms with Crippen LogP contribution in [0.1, 0.15) is 25.0 Å². The summed E-state index contributed by atoms with van der Waals surface area (Å²) in [5.41, 5.74) is 0.893. The Kier molecular flexibility index (Phi) is 4.69. The molecule has 3 aliphatic rings. The van der Waals surface area contributed by atoms with Gasteiger partial charge in [-0.2, -0.15) is 5.10 Å². The van der Waals surface area contributed by atoms with Crippen molar-refractivity contribution in [1.29, 1.82) is 0 Å². The first kappa shape index (κ1) is 16.8. The average molecular weight is 353 g/mol. The number of aromatic nitrogens is 3. The molecular formula is C19H23N5O2. The normalized spacial score (nSPS) is 22.5. The molecule has 7 nitrogen and oxygen atoms in total. The second-order valence-electron chi connectivity index (χ2n) is 7.03. The lowest BCUT2D eigenvalue weighted by Crippen LogP contribution is -2.47. The highest BCUT2D eigenvalue weighted by Crippen LogP contribution is 2.30. The SMILES string of the molecule is O=C(CCn1cccn1)N1C[C@H]2CC[C@@H](C1)N(Cc1ccccn1)C2=O. The van der Waals surface area contributed by atoms with E-state index in [1.54, 1.807) is 17.1 Å². The number of carbonyl (C=O) groups is 2. The Bertz CT molecular complexity index is 762. The van der Waals surface area contributed by atoms with E-state index in [-0.39, 0.29) is 23.8 Å². The van der Waals surface area contributed by atoms with Crippen LogP contribution in [0.2, 0.25) is 0 Å². The molecule has 2 atom stereocenters. The number of nitrogens with zero attached hydrogens (tertiary/aromatic N) is 5. The fourth-order valence-corrected chi connectivity index (χ4v) is 3.92. The number of fused-ring (bicyclic) bond motifs is 4. The zero-order valence-electron chi connectivity index (χ0n) is 14.7. The second-order valence-corrected chi connectivity index (χ2v) is 7.03. The lowest BCUT2D eigenvalue weighted by molar-refractivity contribution is -0.140. The first-order chi connectivity index (χ1) is 12.7. The van der Waals surface area contributed by atoms with Gasteiger partial charge in [0.15, 0.2) is 0 Å². The van der Waals surface area contributed by atoms with Gasteiger partial charge in [0.1, 0.15) is 0 Å². The van der Waals surface area contributed by atoms with Crippen molar-refractivity contribution in [2.24, 2.45) is 5.92 Å². The highest BCUT2D eigenvalue weighted by molar-refractivity contribution is 5.83. The van der Waals surface area contributed by atoms with E-state index in [4.69, 9.17) is 0 Å². The molecule has 0 radical (unpaired) electrons. The van der Waals surface area contributed by atoms with E-state index in [1.807, 2.05) is 40.3 Å². The number of rotatable bonds is 5. The number of hydrogen-bond acceptors (Lipinski definition) is 4. The monoisotopic (exact) mass is 353 g/mol. The molecule has 7 heteroatoms. The minimum Gasteiger partial charge on any atom is -0.340 e. The molecule has 0 aliphatic carbocycles. The number of pyridine rings is 1. The summed E-state index contributed by atoms with van der Waals surface area (Å²) >= 11 is 0. The van der Waals surface area contributed by atoms with Crippen molar-refractivity contribution < 1.29 is 9.59 Å². The maximum atomic E-state index is 12.9. The van der Waals surface area contributed by atoms with E-state index < -0.39 is 0 Å². The molecule has 136 valence electrons. The summed E-state index contributed by atoms with van der Waals surface area (Å²) in [6.45, 7) is 2.25. The Balaban J connectivity index is 1.43. The Morgan fingerprint density at radius 2 is 2.08 bits per heavy atom. The van der Waals surface area contributed by atoms with Crippen molar-refractivity contribution >= 4 is 11.8 Å². The molecule has 0 unspecified atom stereocenters. The number of amides is 2. The van der Waals surface area contributed by atoms with Crippen LogP contribution in [-0.2, 0) is 22.7 Å². The molecular weight excluding hydrogens is 330 g/mol. The fraction of sp³-hybridized carbons (Fsp3) is 0.474. The lowest BCUT2D eigenvalue weighted by Gasteiger charge is -2.35. The highest BCUT2D eigenvalue weighted by Gasteiger charge is 2.41. The molecule has 2 bridgehead atoms. The van der Waals surface area contributed by atoms with E-state index in [9.17, 15) is 9.59 Å². The van der Waals surface area contributed by atoms with E-state index in [1.165, 1.54) is 0 Å². The summed E-state index contributed by atoms with van der Waals surface area (Å²) in [6, 6.07) is 7.69. The third kappa shape index (κ3) is 3.47. The van der Waals surface area contributed by atoms with Gasteiger partial charge < -0.3 is 9.80 Å². The largest absolute Gasteiger partial charge is 0.340 e. The van der Waals surface area contributed by atoms with Gasteiger partial charge in [-0.05, 0) is 31.0 Å². The topological polar surface area (TPSA) is 71.3 Å². The van der Waals surface area contributed by atoms with E-state index in [2.05, 4.69) is 10.1 Å². The number of piperidine rings is 1. The standard InChI is InChI=1S/C19H23N5O2/c25-18(7-11-23-10-3-9-21-23)22-12-15-5-6-17(14-22)24(19(15)26)13-16-4-1-2-8-20-16/h1-4,8-10,15,17H,5-7,11-14H2/t15-,17+/m1/s1. The molecule has 2 aromatic rings. The molecule has 5 heterocycles. The van der Waals surface area contributed by atoms with Crippen molar-refractivity contribution in [3.8, 4) is 0 Å². The Morgan fingerprint density at radius 3 is 2.85 bits per heavy atom. The van der Waals surface area contributed by atoms with Gasteiger partial charge in [-0.3, -0.25) is 19.3 Å². The smallest absolute Gasteiger partial charge is 0.228 e. The van der Waals surface area contributed by atoms with Crippen LogP contribution in [-0.4, -0.2) is 55.5 Å². The van der Waals surface area contributed by atoms with Crippen LogP contribution >= 0.6 is 0 Å². The van der Waals surface area contributed by atoms with Crippen molar-refractivity contribution in [3.05, 3.63) is 48.5 Å². The van der Waals surface area contributed by atoms with Crippen LogP contribution in [0.15, 0.2) is 42.9 Å². The van der Waals surface area contributed by atoms with Crippen LogP contribution in [0.3, 0.4) is 0 Å². The molecule has 0 saturated carbocycles. The molecule has 0 N–H and O–H groups in total. The summed E-state index contributed by atoms with van der Waals surface area (Å²) in [5.74, 6) is 0.172. The van der Waals surface area contributed by atoms with E-state index in [0.717, 1.165) is 18.5 Å². The van der Waals surface area contributed by atoms with Gasteiger partial charge in [0, 0.05) is 50.7 Å². The van der Waals surface area contributed by atoms with Gasteiger partial charge >= 0.3 is 0 Å². The Morgan fingerprint density at radius 1 is 1.15 bits per heavy atom. The minimum atomic E-state index is -0.0916. The van der Waals surface area contributed by atoms with Crippen LogP contribution < -0.4 is 0 Å². The molecule has 3 saturated heterocycles. The predicted molar refractivity (Wildman–Crippen MR) is 94.7 cm³/mol. The molecule has 2 amide bonds. The molecule has 26 heavy (non-hydrogen) atoms. The van der Waals surface area contributed by atoms with E-state index in [0.29, 0.717) is 32.6 Å². The summed E-state index contributed by atoms with van der Waals surface area (Å²) in [4.78, 5) is 33.7. The van der Waals surface area contributed by atoms with Crippen molar-refractivity contribution in [2.75, 3.05) is 13.1 Å². The molecule has 3 fully saturated rings. The van der Waals surface area contributed by atoms with Gasteiger partial charge in [-0.15, -0.1) is 0 Å². The summed E-state index contributed by atoms with van der Waals surface area (Å²) in [7, 11) is 0. The summed E-state index contributed by atoms with van der Waals surface area (Å²) in [5, 5.41) is 4.14. The molecule has 0 aromatic carbocycles. The number of aryl methyl sites for hydroxylation is 1. The first-order valence-corrected chi connectivity index (χ1v) is 9.16. The third-order valence-electron chi connectivity index (χ3n) is 5.32. The maximum absolute atomic E-state index is 12.9. The fourth-order valence-electron chi connectivity index (χ4n) is 3.92. The van der Waals surface area contributed by atoms with Crippen LogP contribution in [0.4, 0.5) is 0 Å². The van der Waals surface area contributed by atoms with Gasteiger partial charge in [-0.1, -0.05) is 6.07 Å². The molecule has 5 rings (SSSR count). The lowest BCUT2D eigenvalue weighted by atomic mass is 9.94. The van der Waals surface area contributed by atoms with Crippen LogP contribution in [0, 0.1) is 5.92 Å². The van der Waals surface area contributed by atoms with Crippen molar-refractivity contribution in [1.82, 2.24) is 24.6 Å². The van der Waals surface area contributed by atoms with Crippen molar-refractivity contribution in [3.63, 3.8) is 0 Å². The molecule has 2 aromatic heterocycles. The number of hydrogen-bond donors (Lipinski definition) is 0. The maximum Gasteiger partial charge on any atom is 0.228 e. The predicted octanol–water partition coefficient (Wildman–Crippen LogP) is 1.32. The second kappa shape index (κ2) is 7.27. The van der Waals surface area contributed by atoms with Gasteiger partial charge in [0.25, 0.3) is 0 Å². The van der Waals surface area contributed by atoms with Crippen molar-refractivity contribution in [2.45, 2.75) is 38.4 Å². The first-order valence-electron chi connectivity index (χ1n) is 9.16. The Labute approximate surface area is 152 Å². The highest BCUT2D eigenvalue weighted by atomic mass is 16.2. The quantitative estimate of drug-likeness (QED) is 0.813. The van der Waals surface area contributed by atoms with Gasteiger partial charge in [0.05, 0.1) is 18.2 Å². The van der Waals surface area contributed by atoms with Gasteiger partial charge in [-0.25, -0.2) is 0 Å². The van der Waals surface area contributed by atoms with Gasteiger partial charge in [0.2, 0.25) is 11.8 Å².